The SMILES string of the molecule is C=C(Nc1cc(C(=C)NCCCN(CCC)C(=C)C)ccc1C)C1=CC=CC1.CCCC.CCCC.Cc1ccccc1C. The second kappa shape index (κ2) is 24.9. The maximum Gasteiger partial charge on any atom is 0.0420 e. The molecule has 0 amide bonds. The van der Waals surface area contributed by atoms with Crippen molar-refractivity contribution in [3.63, 3.8) is 0 Å². The molecule has 3 heteroatoms. The summed E-state index contributed by atoms with van der Waals surface area (Å²) >= 11 is 0. The fourth-order valence-corrected chi connectivity index (χ4v) is 3.90. The molecule has 1 aliphatic rings. The highest BCUT2D eigenvalue weighted by Gasteiger charge is 2.09. The normalized spacial score (nSPS) is 11.0. The van der Waals surface area contributed by atoms with Crippen LogP contribution in [0.25, 0.3) is 5.70 Å². The van der Waals surface area contributed by atoms with Crippen LogP contribution in [0.4, 0.5) is 5.69 Å². The number of anilines is 1. The Morgan fingerprint density at radius 2 is 1.34 bits per heavy atom. The zero-order valence-electron chi connectivity index (χ0n) is 29.9. The van der Waals surface area contributed by atoms with E-state index in [0.29, 0.717) is 0 Å². The molecule has 2 N–H and O–H groups in total. The van der Waals surface area contributed by atoms with E-state index in [1.54, 1.807) is 0 Å². The van der Waals surface area contributed by atoms with Gasteiger partial charge in [-0.2, -0.15) is 0 Å². The Morgan fingerprint density at radius 3 is 1.80 bits per heavy atom. The predicted molar refractivity (Wildman–Crippen MR) is 201 cm³/mol. The molecule has 0 bridgehead atoms. The van der Waals surface area contributed by atoms with Crippen molar-refractivity contribution in [2.75, 3.05) is 25.0 Å². The Balaban J connectivity index is 0.000000939. The van der Waals surface area contributed by atoms with Crippen LogP contribution < -0.4 is 10.6 Å². The lowest BCUT2D eigenvalue weighted by atomic mass is 10.1. The highest BCUT2D eigenvalue weighted by atomic mass is 15.1. The second-order valence-electron chi connectivity index (χ2n) is 11.5. The van der Waals surface area contributed by atoms with Gasteiger partial charge in [-0.15, -0.1) is 0 Å². The maximum absolute atomic E-state index is 4.23. The van der Waals surface area contributed by atoms with Gasteiger partial charge in [-0.1, -0.05) is 135 Å². The number of hydrogen-bond acceptors (Lipinski definition) is 3. The third kappa shape index (κ3) is 17.6. The van der Waals surface area contributed by atoms with Crippen LogP contribution in [0.5, 0.6) is 0 Å². The van der Waals surface area contributed by atoms with E-state index in [9.17, 15) is 0 Å². The van der Waals surface area contributed by atoms with Crippen LogP contribution in [-0.2, 0) is 0 Å². The number of aryl methyl sites for hydroxylation is 3. The highest BCUT2D eigenvalue weighted by Crippen LogP contribution is 2.25. The third-order valence-corrected chi connectivity index (χ3v) is 7.43. The molecule has 0 spiro atoms. The van der Waals surface area contributed by atoms with Crippen LogP contribution in [0.2, 0.25) is 0 Å². The zero-order valence-corrected chi connectivity index (χ0v) is 29.9. The van der Waals surface area contributed by atoms with Crippen molar-refractivity contribution in [2.24, 2.45) is 0 Å². The summed E-state index contributed by atoms with van der Waals surface area (Å²) in [6.07, 6.45) is 14.8. The molecule has 0 aromatic heterocycles. The van der Waals surface area contributed by atoms with Crippen molar-refractivity contribution in [2.45, 2.75) is 107 Å². The molecule has 2 aromatic rings. The fraction of sp³-hybridized carbons (Fsp3) is 0.463. The quantitative estimate of drug-likeness (QED) is 0.212. The number of nitrogens with one attached hydrogen (secondary N) is 2. The Kier molecular flexibility index (Phi) is 23.0. The summed E-state index contributed by atoms with van der Waals surface area (Å²) in [4.78, 5) is 2.34. The molecule has 1 aliphatic carbocycles. The van der Waals surface area contributed by atoms with Crippen LogP contribution >= 0.6 is 0 Å². The third-order valence-electron chi connectivity index (χ3n) is 7.43. The molecule has 44 heavy (non-hydrogen) atoms. The van der Waals surface area contributed by atoms with E-state index in [4.69, 9.17) is 0 Å². The van der Waals surface area contributed by atoms with E-state index in [1.807, 2.05) is 0 Å². The largest absolute Gasteiger partial charge is 0.385 e. The minimum Gasteiger partial charge on any atom is -0.385 e. The summed E-state index contributed by atoms with van der Waals surface area (Å²) in [6, 6.07) is 14.8. The van der Waals surface area contributed by atoms with Gasteiger partial charge in [0.25, 0.3) is 0 Å². The minimum absolute atomic E-state index is 0.897. The Bertz CT molecular complexity index is 1140. The molecule has 244 valence electrons. The first-order chi connectivity index (χ1) is 21.1. The standard InChI is InChI=1S/C25H35N3.C8H10.2C4H10/c1-7-16-28(19(2)3)17-10-15-26-21(5)24-14-13-20(4)25(18-24)27-22(6)23-11-8-9-12-23;1-7-5-3-4-6-8(7)2;2*1-3-4-2/h8-9,11,13-14,18,26-27H,2,5-7,10,12,15-17H2,1,3-4H3;3-6H,1-2H3;2*3-4H2,1-2H3. The van der Waals surface area contributed by atoms with E-state index in [2.05, 4.69) is 158 Å². The maximum atomic E-state index is 4.23. The molecule has 0 saturated carbocycles. The van der Waals surface area contributed by atoms with Crippen molar-refractivity contribution < 1.29 is 0 Å². The Labute approximate surface area is 272 Å². The molecule has 0 aliphatic heterocycles. The van der Waals surface area contributed by atoms with Gasteiger partial charge in [0.2, 0.25) is 0 Å². The number of nitrogens with zero attached hydrogens (tertiary/aromatic N) is 1. The molecule has 3 rings (SSSR count). The van der Waals surface area contributed by atoms with Gasteiger partial charge in [0.15, 0.2) is 0 Å². The number of unbranched alkanes of at least 4 members (excludes halogenated alkanes) is 2. The van der Waals surface area contributed by atoms with Crippen LogP contribution in [0.3, 0.4) is 0 Å². The van der Waals surface area contributed by atoms with Crippen LogP contribution in [-0.4, -0.2) is 24.5 Å². The van der Waals surface area contributed by atoms with Crippen molar-refractivity contribution in [3.8, 4) is 0 Å². The molecule has 0 heterocycles. The molecule has 0 saturated heterocycles. The van der Waals surface area contributed by atoms with Gasteiger partial charge in [-0.25, -0.2) is 0 Å². The minimum atomic E-state index is 0.897. The highest BCUT2D eigenvalue weighted by molar-refractivity contribution is 5.69. The second-order valence-corrected chi connectivity index (χ2v) is 11.5. The molecule has 3 nitrogen and oxygen atoms in total. The first-order valence-electron chi connectivity index (χ1n) is 16.8. The molecule has 0 atom stereocenters. The summed E-state index contributed by atoms with van der Waals surface area (Å²) in [5.41, 5.74) is 10.4. The van der Waals surface area contributed by atoms with Gasteiger partial charge >= 0.3 is 0 Å². The van der Waals surface area contributed by atoms with Gasteiger partial charge in [0.05, 0.1) is 0 Å². The van der Waals surface area contributed by atoms with Crippen molar-refractivity contribution in [3.05, 3.63) is 120 Å². The van der Waals surface area contributed by atoms with E-state index >= 15 is 0 Å². The topological polar surface area (TPSA) is 27.3 Å². The Hall–Kier alpha value is -3.46. The number of rotatable bonds is 14. The average Bonchev–Trinajstić information content (AvgIpc) is 3.57. The summed E-state index contributed by atoms with van der Waals surface area (Å²) in [6.45, 7) is 34.8. The van der Waals surface area contributed by atoms with E-state index in [0.717, 1.165) is 67.2 Å². The molecule has 0 radical (unpaired) electrons. The van der Waals surface area contributed by atoms with Gasteiger partial charge < -0.3 is 15.5 Å². The van der Waals surface area contributed by atoms with E-state index in [-0.39, 0.29) is 0 Å². The lowest BCUT2D eigenvalue weighted by molar-refractivity contribution is 0.341. The van der Waals surface area contributed by atoms with Crippen LogP contribution in [0, 0.1) is 20.8 Å². The van der Waals surface area contributed by atoms with Gasteiger partial charge in [-0.05, 0) is 80.9 Å². The zero-order chi connectivity index (χ0) is 33.3. The molecule has 2 aromatic carbocycles. The lowest BCUT2D eigenvalue weighted by Crippen LogP contribution is -2.26. The molecule has 0 unspecified atom stereocenters. The molecular weight excluding hydrogens is 534 g/mol. The lowest BCUT2D eigenvalue weighted by Gasteiger charge is -2.24. The van der Waals surface area contributed by atoms with Crippen LogP contribution in [0.15, 0.2) is 97.4 Å². The summed E-state index contributed by atoms with van der Waals surface area (Å²) in [5.74, 6) is 0. The first-order valence-corrected chi connectivity index (χ1v) is 16.8. The smallest absolute Gasteiger partial charge is 0.0420 e. The summed E-state index contributed by atoms with van der Waals surface area (Å²) in [5, 5.41) is 6.94. The summed E-state index contributed by atoms with van der Waals surface area (Å²) < 4.78 is 0. The monoisotopic (exact) mass is 600 g/mol. The van der Waals surface area contributed by atoms with Gasteiger partial charge in [-0.3, -0.25) is 0 Å². The van der Waals surface area contributed by atoms with E-state index in [1.165, 1.54) is 47.9 Å². The van der Waals surface area contributed by atoms with E-state index < -0.39 is 0 Å². The first kappa shape index (κ1) is 40.5. The number of hydrogen-bond donors (Lipinski definition) is 2. The predicted octanol–water partition coefficient (Wildman–Crippen LogP) is 11.9. The van der Waals surface area contributed by atoms with Gasteiger partial charge in [0.1, 0.15) is 0 Å². The van der Waals surface area contributed by atoms with Crippen molar-refractivity contribution in [1.29, 1.82) is 0 Å². The molecular formula is C41H65N3. The molecule has 0 fully saturated rings. The number of allylic oxidation sites excluding steroid dienone is 5. The van der Waals surface area contributed by atoms with Crippen molar-refractivity contribution >= 4 is 11.4 Å². The summed E-state index contributed by atoms with van der Waals surface area (Å²) in [7, 11) is 0. The Morgan fingerprint density at radius 1 is 0.750 bits per heavy atom. The van der Waals surface area contributed by atoms with Gasteiger partial charge in [0, 0.05) is 42.4 Å². The van der Waals surface area contributed by atoms with Crippen LogP contribution in [0.1, 0.15) is 109 Å². The average molecular weight is 600 g/mol. The van der Waals surface area contributed by atoms with Crippen molar-refractivity contribution in [1.82, 2.24) is 10.2 Å². The number of benzene rings is 2. The fourth-order valence-electron chi connectivity index (χ4n) is 3.90.